The topological polar surface area (TPSA) is 86.6 Å². The molecule has 2 aliphatic heterocycles. The minimum atomic E-state index is -4.55. The van der Waals surface area contributed by atoms with Crippen LogP contribution >= 0.6 is 0 Å². The highest BCUT2D eigenvalue weighted by Gasteiger charge is 2.36. The zero-order valence-corrected chi connectivity index (χ0v) is 17.3. The number of phenols is 1. The van der Waals surface area contributed by atoms with Gasteiger partial charge in [-0.05, 0) is 43.5 Å². The molecule has 3 heterocycles. The molecule has 1 fully saturated rings. The van der Waals surface area contributed by atoms with Gasteiger partial charge >= 0.3 is 6.18 Å². The van der Waals surface area contributed by atoms with E-state index in [-0.39, 0.29) is 17.2 Å². The normalized spacial score (nSPS) is 20.0. The van der Waals surface area contributed by atoms with E-state index in [2.05, 4.69) is 10.2 Å². The summed E-state index contributed by atoms with van der Waals surface area (Å²) in [6, 6.07) is 3.42. The Hall–Kier alpha value is -2.40. The highest BCUT2D eigenvalue weighted by atomic mass is 32.2. The van der Waals surface area contributed by atoms with Gasteiger partial charge in [0.1, 0.15) is 5.75 Å². The summed E-state index contributed by atoms with van der Waals surface area (Å²) in [7, 11) is -3.25. The zero-order valence-electron chi connectivity index (χ0n) is 16.4. The van der Waals surface area contributed by atoms with E-state index in [4.69, 9.17) is 0 Å². The third-order valence-electron chi connectivity index (χ3n) is 5.68. The maximum absolute atomic E-state index is 13.0. The third-order valence-corrected chi connectivity index (χ3v) is 6.95. The number of rotatable bonds is 3. The van der Waals surface area contributed by atoms with Gasteiger partial charge in [-0.15, -0.1) is 10.2 Å². The molecular weight excluding hydrogens is 421 g/mol. The number of halogens is 3. The van der Waals surface area contributed by atoms with Crippen LogP contribution in [0.1, 0.15) is 23.1 Å². The van der Waals surface area contributed by atoms with E-state index in [1.807, 2.05) is 4.90 Å². The molecule has 11 heteroatoms. The van der Waals surface area contributed by atoms with E-state index >= 15 is 0 Å². The molecule has 2 aliphatic rings. The Balaban J connectivity index is 1.63. The number of aromatic hydroxyl groups is 1. The summed E-state index contributed by atoms with van der Waals surface area (Å²) < 4.78 is 63.9. The lowest BCUT2D eigenvalue weighted by molar-refractivity contribution is -0.137. The molecular formula is C19H21F3N4O3S. The summed E-state index contributed by atoms with van der Waals surface area (Å²) in [5.41, 5.74) is 0.741. The fraction of sp³-hybridized carbons (Fsp3) is 0.474. The van der Waals surface area contributed by atoms with Gasteiger partial charge in [-0.2, -0.15) is 13.2 Å². The third kappa shape index (κ3) is 3.71. The first-order valence-corrected chi connectivity index (χ1v) is 11.3. The van der Waals surface area contributed by atoms with Crippen molar-refractivity contribution in [1.82, 2.24) is 14.5 Å². The van der Waals surface area contributed by atoms with Crippen molar-refractivity contribution in [3.63, 3.8) is 0 Å². The first-order chi connectivity index (χ1) is 13.9. The lowest BCUT2D eigenvalue weighted by Crippen LogP contribution is -2.38. The molecule has 0 bridgehead atoms. The molecule has 1 N–H and O–H groups in total. The van der Waals surface area contributed by atoms with Gasteiger partial charge in [0.15, 0.2) is 5.82 Å². The van der Waals surface area contributed by atoms with E-state index in [9.17, 15) is 26.7 Å². The second-order valence-corrected chi connectivity index (χ2v) is 9.75. The van der Waals surface area contributed by atoms with Crippen molar-refractivity contribution in [3.05, 3.63) is 34.9 Å². The smallest absolute Gasteiger partial charge is 0.416 e. The van der Waals surface area contributed by atoms with Gasteiger partial charge in [-0.3, -0.25) is 0 Å². The summed E-state index contributed by atoms with van der Waals surface area (Å²) in [4.78, 5) is 2.04. The Kier molecular flexibility index (Phi) is 4.93. The number of fused-ring (bicyclic) bond motifs is 1. The molecule has 7 nitrogen and oxygen atoms in total. The lowest BCUT2D eigenvalue weighted by atomic mass is 9.99. The van der Waals surface area contributed by atoms with Gasteiger partial charge in [-0.25, -0.2) is 12.7 Å². The molecule has 0 amide bonds. The van der Waals surface area contributed by atoms with Crippen molar-refractivity contribution in [2.75, 3.05) is 30.8 Å². The van der Waals surface area contributed by atoms with Crippen molar-refractivity contribution in [3.8, 4) is 17.0 Å². The number of hydrogen-bond acceptors (Lipinski definition) is 6. The molecule has 1 saturated heterocycles. The number of hydrogen-bond donors (Lipinski definition) is 1. The maximum atomic E-state index is 13.0. The summed E-state index contributed by atoms with van der Waals surface area (Å²) in [6.07, 6.45) is -2.01. The number of anilines is 1. The fourth-order valence-electron chi connectivity index (χ4n) is 4.21. The van der Waals surface area contributed by atoms with Crippen molar-refractivity contribution >= 4 is 15.8 Å². The van der Waals surface area contributed by atoms with Crippen molar-refractivity contribution in [1.29, 1.82) is 0 Å². The van der Waals surface area contributed by atoms with Gasteiger partial charge in [0.05, 0.1) is 17.5 Å². The standard InChI is InChI=1S/C19H21F3N4O3S/c1-11-7-13(19(20,21)22)9-16(27)17(11)15-8-12-3-6-26(18(12)24-23-15)14-4-5-25(10-14)30(2,28)29/h7-9,14,27H,3-6,10H2,1-2H3/t14-/m1/s1. The summed E-state index contributed by atoms with van der Waals surface area (Å²) in [6.45, 7) is 3.00. The van der Waals surface area contributed by atoms with Crippen LogP contribution in [0.4, 0.5) is 19.0 Å². The van der Waals surface area contributed by atoms with Crippen LogP contribution in [0.5, 0.6) is 5.75 Å². The number of sulfonamides is 1. The fourth-order valence-corrected chi connectivity index (χ4v) is 5.09. The minimum Gasteiger partial charge on any atom is -0.507 e. The number of aryl methyl sites for hydroxylation is 1. The predicted octanol–water partition coefficient (Wildman–Crippen LogP) is 2.57. The van der Waals surface area contributed by atoms with E-state index in [1.165, 1.54) is 17.5 Å². The van der Waals surface area contributed by atoms with Crippen LogP contribution in [0.3, 0.4) is 0 Å². The van der Waals surface area contributed by atoms with Crippen LogP contribution in [0.15, 0.2) is 18.2 Å². The lowest BCUT2D eigenvalue weighted by Gasteiger charge is -2.25. The summed E-state index contributed by atoms with van der Waals surface area (Å²) in [5, 5.41) is 18.7. The van der Waals surface area contributed by atoms with Gasteiger partial charge in [0.25, 0.3) is 0 Å². The number of alkyl halides is 3. The second kappa shape index (κ2) is 7.09. The summed E-state index contributed by atoms with van der Waals surface area (Å²) in [5.74, 6) is 0.161. The molecule has 0 radical (unpaired) electrons. The Bertz CT molecular complexity index is 1080. The molecule has 1 aromatic carbocycles. The van der Waals surface area contributed by atoms with E-state index in [0.717, 1.165) is 11.6 Å². The number of nitrogens with zero attached hydrogens (tertiary/aromatic N) is 4. The zero-order chi connectivity index (χ0) is 21.8. The maximum Gasteiger partial charge on any atom is 0.416 e. The van der Waals surface area contributed by atoms with Crippen LogP contribution in [0, 0.1) is 6.92 Å². The number of aromatic nitrogens is 2. The highest BCUT2D eigenvalue weighted by Crippen LogP contribution is 2.40. The number of benzene rings is 1. The average molecular weight is 442 g/mol. The van der Waals surface area contributed by atoms with Crippen LogP contribution in [-0.4, -0.2) is 60.0 Å². The SMILES string of the molecule is Cc1cc(C(F)(F)F)cc(O)c1-c1cc2c(nn1)N([C@@H]1CCN(S(C)(=O)=O)C1)CC2. The molecule has 1 aromatic heterocycles. The Morgan fingerprint density at radius 3 is 2.50 bits per heavy atom. The van der Waals surface area contributed by atoms with Crippen molar-refractivity contribution < 1.29 is 26.7 Å². The van der Waals surface area contributed by atoms with Gasteiger partial charge in [0, 0.05) is 36.8 Å². The van der Waals surface area contributed by atoms with E-state index in [1.54, 1.807) is 6.07 Å². The van der Waals surface area contributed by atoms with Crippen LogP contribution in [-0.2, 0) is 22.6 Å². The van der Waals surface area contributed by atoms with Gasteiger partial charge < -0.3 is 10.0 Å². The van der Waals surface area contributed by atoms with Crippen molar-refractivity contribution in [2.45, 2.75) is 32.0 Å². The molecule has 0 unspecified atom stereocenters. The predicted molar refractivity (Wildman–Crippen MR) is 105 cm³/mol. The highest BCUT2D eigenvalue weighted by molar-refractivity contribution is 7.88. The molecule has 0 spiro atoms. The van der Waals surface area contributed by atoms with Crippen LogP contribution < -0.4 is 4.90 Å². The second-order valence-electron chi connectivity index (χ2n) is 7.77. The average Bonchev–Trinajstić information content (AvgIpc) is 3.26. The largest absolute Gasteiger partial charge is 0.507 e. The Morgan fingerprint density at radius 1 is 1.17 bits per heavy atom. The Morgan fingerprint density at radius 2 is 1.90 bits per heavy atom. The molecule has 162 valence electrons. The molecule has 0 saturated carbocycles. The van der Waals surface area contributed by atoms with Crippen LogP contribution in [0.25, 0.3) is 11.3 Å². The van der Waals surface area contributed by atoms with Crippen LogP contribution in [0.2, 0.25) is 0 Å². The van der Waals surface area contributed by atoms with E-state index < -0.39 is 27.5 Å². The molecule has 0 aliphatic carbocycles. The first kappa shape index (κ1) is 20.9. The first-order valence-electron chi connectivity index (χ1n) is 9.44. The molecule has 4 rings (SSSR count). The van der Waals surface area contributed by atoms with E-state index in [0.29, 0.717) is 50.1 Å². The van der Waals surface area contributed by atoms with Gasteiger partial charge in [0.2, 0.25) is 10.0 Å². The molecule has 30 heavy (non-hydrogen) atoms. The Labute approximate surface area is 172 Å². The summed E-state index contributed by atoms with van der Waals surface area (Å²) >= 11 is 0. The van der Waals surface area contributed by atoms with Gasteiger partial charge in [-0.1, -0.05) is 0 Å². The molecule has 1 atom stereocenters. The minimum absolute atomic E-state index is 0.00216. The van der Waals surface area contributed by atoms with Crippen molar-refractivity contribution in [2.24, 2.45) is 0 Å². The quantitative estimate of drug-likeness (QED) is 0.786. The number of phenolic OH excluding ortho intramolecular Hbond substituents is 1. The monoisotopic (exact) mass is 442 g/mol. The molecule has 2 aromatic rings.